The Labute approximate surface area is 142 Å². The molecule has 2 rings (SSSR count). The normalized spacial score (nSPS) is 10.3. The Balaban J connectivity index is 2.25. The smallest absolute Gasteiger partial charge is 0.255 e. The van der Waals surface area contributed by atoms with Gasteiger partial charge in [-0.25, -0.2) is 0 Å². The first-order valence-corrected chi connectivity index (χ1v) is 8.16. The van der Waals surface area contributed by atoms with Crippen LogP contribution in [0.25, 0.3) is 0 Å². The minimum Gasteiger partial charge on any atom is -0.321 e. The second-order valence-electron chi connectivity index (χ2n) is 4.04. The fraction of sp³-hybridized carbons (Fsp3) is 0.0714. The predicted octanol–water partition coefficient (Wildman–Crippen LogP) is 5.38. The van der Waals surface area contributed by atoms with Crippen molar-refractivity contribution < 1.29 is 4.79 Å². The third-order valence-electron chi connectivity index (χ3n) is 2.61. The van der Waals surface area contributed by atoms with E-state index in [0.29, 0.717) is 5.56 Å². The van der Waals surface area contributed by atoms with Crippen molar-refractivity contribution in [3.63, 3.8) is 0 Å². The molecule has 1 N–H and O–H groups in total. The summed E-state index contributed by atoms with van der Waals surface area (Å²) in [5.41, 5.74) is 2.38. The standard InChI is InChI=1S/C14H10Br2INO/c1-8-6-9(15)2-4-11(8)14(19)18-13-5-3-10(17)7-12(13)16/h2-7H,1H3,(H,18,19). The number of carbonyl (C=O) groups is 1. The predicted molar refractivity (Wildman–Crippen MR) is 93.7 cm³/mol. The number of benzene rings is 2. The van der Waals surface area contributed by atoms with E-state index in [-0.39, 0.29) is 5.91 Å². The van der Waals surface area contributed by atoms with Crippen molar-refractivity contribution in [2.24, 2.45) is 0 Å². The van der Waals surface area contributed by atoms with Crippen LogP contribution >= 0.6 is 54.5 Å². The molecule has 19 heavy (non-hydrogen) atoms. The van der Waals surface area contributed by atoms with E-state index in [4.69, 9.17) is 0 Å². The van der Waals surface area contributed by atoms with Crippen molar-refractivity contribution >= 4 is 66.0 Å². The molecule has 1 amide bonds. The molecule has 2 aromatic carbocycles. The molecule has 0 aliphatic rings. The van der Waals surface area contributed by atoms with E-state index in [0.717, 1.165) is 23.8 Å². The monoisotopic (exact) mass is 493 g/mol. The van der Waals surface area contributed by atoms with Crippen LogP contribution in [-0.4, -0.2) is 5.91 Å². The van der Waals surface area contributed by atoms with Crippen molar-refractivity contribution in [3.05, 3.63) is 60.0 Å². The summed E-state index contributed by atoms with van der Waals surface area (Å²) in [5, 5.41) is 2.91. The highest BCUT2D eigenvalue weighted by Gasteiger charge is 2.11. The highest BCUT2D eigenvalue weighted by molar-refractivity contribution is 14.1. The molecule has 0 saturated heterocycles. The fourth-order valence-corrected chi connectivity index (χ4v) is 3.53. The van der Waals surface area contributed by atoms with Gasteiger partial charge in [0.25, 0.3) is 5.91 Å². The number of hydrogen-bond acceptors (Lipinski definition) is 1. The van der Waals surface area contributed by atoms with E-state index in [1.54, 1.807) is 0 Å². The molecule has 2 nitrogen and oxygen atoms in total. The number of anilines is 1. The molecule has 0 aliphatic carbocycles. The molecule has 5 heteroatoms. The Morgan fingerprint density at radius 2 is 1.89 bits per heavy atom. The Bertz CT molecular complexity index is 643. The molecule has 98 valence electrons. The van der Waals surface area contributed by atoms with E-state index >= 15 is 0 Å². The van der Waals surface area contributed by atoms with Crippen molar-refractivity contribution in [3.8, 4) is 0 Å². The maximum absolute atomic E-state index is 12.2. The number of aryl methyl sites for hydroxylation is 1. The Hall–Kier alpha value is -0.400. The van der Waals surface area contributed by atoms with E-state index in [2.05, 4.69) is 59.8 Å². The maximum atomic E-state index is 12.2. The lowest BCUT2D eigenvalue weighted by molar-refractivity contribution is 0.102. The molecule has 0 unspecified atom stereocenters. The van der Waals surface area contributed by atoms with Crippen LogP contribution in [0.4, 0.5) is 5.69 Å². The third kappa shape index (κ3) is 3.79. The number of nitrogens with one attached hydrogen (secondary N) is 1. The van der Waals surface area contributed by atoms with Crippen LogP contribution in [-0.2, 0) is 0 Å². The fourth-order valence-electron chi connectivity index (χ4n) is 1.66. The average molecular weight is 495 g/mol. The summed E-state index contributed by atoms with van der Waals surface area (Å²) >= 11 is 9.07. The molecule has 0 aromatic heterocycles. The van der Waals surface area contributed by atoms with E-state index in [9.17, 15) is 4.79 Å². The SMILES string of the molecule is Cc1cc(Br)ccc1C(=O)Nc1ccc(I)cc1Br. The molecule has 0 aliphatic heterocycles. The van der Waals surface area contributed by atoms with Crippen molar-refractivity contribution in [1.29, 1.82) is 0 Å². The van der Waals surface area contributed by atoms with Gasteiger partial charge in [-0.3, -0.25) is 4.79 Å². The van der Waals surface area contributed by atoms with Crippen LogP contribution in [0.15, 0.2) is 45.3 Å². The van der Waals surface area contributed by atoms with Gasteiger partial charge < -0.3 is 5.32 Å². The first-order chi connectivity index (χ1) is 8.97. The summed E-state index contributed by atoms with van der Waals surface area (Å²) in [6.45, 7) is 1.92. The number of hydrogen-bond donors (Lipinski definition) is 1. The summed E-state index contributed by atoms with van der Waals surface area (Å²) in [4.78, 5) is 12.2. The van der Waals surface area contributed by atoms with Crippen LogP contribution in [0.2, 0.25) is 0 Å². The van der Waals surface area contributed by atoms with Crippen LogP contribution in [0.5, 0.6) is 0 Å². The number of amides is 1. The topological polar surface area (TPSA) is 29.1 Å². The number of carbonyl (C=O) groups excluding carboxylic acids is 1. The quantitative estimate of drug-likeness (QED) is 0.558. The Kier molecular flexibility index (Phi) is 5.03. The minimum absolute atomic E-state index is 0.105. The lowest BCUT2D eigenvalue weighted by atomic mass is 10.1. The van der Waals surface area contributed by atoms with Gasteiger partial charge in [0, 0.05) is 18.1 Å². The maximum Gasteiger partial charge on any atom is 0.255 e. The zero-order valence-corrected chi connectivity index (χ0v) is 15.3. The molecule has 0 heterocycles. The Morgan fingerprint density at radius 3 is 2.53 bits per heavy atom. The average Bonchev–Trinajstić information content (AvgIpc) is 2.32. The van der Waals surface area contributed by atoms with Crippen molar-refractivity contribution in [2.75, 3.05) is 5.32 Å². The van der Waals surface area contributed by atoms with Gasteiger partial charge in [0.05, 0.1) is 5.69 Å². The van der Waals surface area contributed by atoms with Gasteiger partial charge >= 0.3 is 0 Å². The molecule has 0 bridgehead atoms. The zero-order valence-electron chi connectivity index (χ0n) is 10.0. The van der Waals surface area contributed by atoms with Gasteiger partial charge in [0.2, 0.25) is 0 Å². The van der Waals surface area contributed by atoms with Gasteiger partial charge in [-0.05, 0) is 87.4 Å². The van der Waals surface area contributed by atoms with Gasteiger partial charge in [0.15, 0.2) is 0 Å². The first kappa shape index (κ1) is 15.0. The molecular weight excluding hydrogens is 485 g/mol. The molecule has 0 radical (unpaired) electrons. The number of rotatable bonds is 2. The molecular formula is C14H10Br2INO. The third-order valence-corrected chi connectivity index (χ3v) is 4.43. The Morgan fingerprint density at radius 1 is 1.16 bits per heavy atom. The summed E-state index contributed by atoms with van der Waals surface area (Å²) in [5.74, 6) is -0.105. The van der Waals surface area contributed by atoms with Crippen LogP contribution in [0, 0.1) is 10.5 Å². The summed E-state index contributed by atoms with van der Waals surface area (Å²) in [6, 6.07) is 11.4. The lowest BCUT2D eigenvalue weighted by Crippen LogP contribution is -2.13. The highest BCUT2D eigenvalue weighted by atomic mass is 127. The molecule has 0 atom stereocenters. The largest absolute Gasteiger partial charge is 0.321 e. The zero-order chi connectivity index (χ0) is 14.0. The van der Waals surface area contributed by atoms with E-state index < -0.39 is 0 Å². The molecule has 0 spiro atoms. The van der Waals surface area contributed by atoms with Crippen molar-refractivity contribution in [2.45, 2.75) is 6.92 Å². The van der Waals surface area contributed by atoms with E-state index in [1.165, 1.54) is 0 Å². The second kappa shape index (κ2) is 6.37. The molecule has 2 aromatic rings. The lowest BCUT2D eigenvalue weighted by Gasteiger charge is -2.10. The van der Waals surface area contributed by atoms with Gasteiger partial charge in [-0.1, -0.05) is 15.9 Å². The summed E-state index contributed by atoms with van der Waals surface area (Å²) in [6.07, 6.45) is 0. The highest BCUT2D eigenvalue weighted by Crippen LogP contribution is 2.25. The summed E-state index contributed by atoms with van der Waals surface area (Å²) < 4.78 is 2.96. The molecule has 0 fully saturated rings. The van der Waals surface area contributed by atoms with Gasteiger partial charge in [0.1, 0.15) is 0 Å². The second-order valence-corrected chi connectivity index (χ2v) is 7.05. The van der Waals surface area contributed by atoms with Gasteiger partial charge in [-0.15, -0.1) is 0 Å². The van der Waals surface area contributed by atoms with E-state index in [1.807, 2.05) is 43.3 Å². The van der Waals surface area contributed by atoms with Crippen LogP contribution in [0.1, 0.15) is 15.9 Å². The van der Waals surface area contributed by atoms with Crippen LogP contribution < -0.4 is 5.32 Å². The molecule has 0 saturated carbocycles. The first-order valence-electron chi connectivity index (χ1n) is 5.50. The van der Waals surface area contributed by atoms with Crippen LogP contribution in [0.3, 0.4) is 0 Å². The number of halogens is 3. The minimum atomic E-state index is -0.105. The summed E-state index contributed by atoms with van der Waals surface area (Å²) in [7, 11) is 0. The van der Waals surface area contributed by atoms with Crippen molar-refractivity contribution in [1.82, 2.24) is 0 Å². The van der Waals surface area contributed by atoms with Gasteiger partial charge in [-0.2, -0.15) is 0 Å².